The molecule has 0 aliphatic heterocycles. The highest BCUT2D eigenvalue weighted by atomic mass is 16.6. The third kappa shape index (κ3) is 10.5. The zero-order valence-electron chi connectivity index (χ0n) is 14.8. The van der Waals surface area contributed by atoms with Crippen molar-refractivity contribution in [2.75, 3.05) is 13.2 Å². The van der Waals surface area contributed by atoms with Gasteiger partial charge < -0.3 is 14.8 Å². The molecule has 0 fully saturated rings. The van der Waals surface area contributed by atoms with E-state index in [1.54, 1.807) is 0 Å². The Morgan fingerprint density at radius 2 is 1.59 bits per heavy atom. The molecule has 130 valence electrons. The Hall–Kier alpha value is -1.26. The predicted octanol–water partition coefficient (Wildman–Crippen LogP) is 3.91. The van der Waals surface area contributed by atoms with E-state index in [1.165, 1.54) is 19.3 Å². The number of amides is 1. The Kier molecular flexibility index (Phi) is 11.6. The Labute approximate surface area is 135 Å². The molecule has 0 aliphatic carbocycles. The number of ether oxygens (including phenoxy) is 2. The van der Waals surface area contributed by atoms with Gasteiger partial charge in [-0.15, -0.1) is 0 Å². The number of hydrogen-bond acceptors (Lipinski definition) is 4. The van der Waals surface area contributed by atoms with Crippen LogP contribution in [-0.4, -0.2) is 31.3 Å². The summed E-state index contributed by atoms with van der Waals surface area (Å²) < 4.78 is 10.3. The second-order valence-electron chi connectivity index (χ2n) is 6.44. The molecule has 0 aromatic carbocycles. The van der Waals surface area contributed by atoms with Crippen LogP contribution >= 0.6 is 0 Å². The number of unbranched alkanes of at least 4 members (excludes halogenated alkanes) is 4. The lowest BCUT2D eigenvalue weighted by atomic mass is 10.1. The van der Waals surface area contributed by atoms with E-state index < -0.39 is 12.1 Å². The van der Waals surface area contributed by atoms with Crippen LogP contribution in [0.1, 0.15) is 66.7 Å². The van der Waals surface area contributed by atoms with Crippen molar-refractivity contribution in [1.29, 1.82) is 0 Å². The number of esters is 1. The molecule has 5 heteroatoms. The van der Waals surface area contributed by atoms with Crippen LogP contribution in [0.25, 0.3) is 0 Å². The fraction of sp³-hybridized carbons (Fsp3) is 0.882. The van der Waals surface area contributed by atoms with Gasteiger partial charge in [0.25, 0.3) is 0 Å². The standard InChI is InChI=1S/C17H33NO4/c1-6-7-8-9-10-11-21-16(19)15(14(4)5)18-17(20)22-12-13(2)3/h13-15H,6-12H2,1-5H3,(H,18,20)/t15-/m0/s1. The summed E-state index contributed by atoms with van der Waals surface area (Å²) in [5.41, 5.74) is 0. The molecular formula is C17H33NO4. The molecule has 0 aliphatic rings. The highest BCUT2D eigenvalue weighted by molar-refractivity contribution is 5.81. The molecule has 0 heterocycles. The van der Waals surface area contributed by atoms with Gasteiger partial charge in [0.1, 0.15) is 6.04 Å². The van der Waals surface area contributed by atoms with E-state index in [0.717, 1.165) is 12.8 Å². The summed E-state index contributed by atoms with van der Waals surface area (Å²) >= 11 is 0. The monoisotopic (exact) mass is 315 g/mol. The van der Waals surface area contributed by atoms with Gasteiger partial charge in [-0.05, 0) is 18.3 Å². The Balaban J connectivity index is 4.09. The van der Waals surface area contributed by atoms with E-state index in [0.29, 0.717) is 13.2 Å². The first kappa shape index (κ1) is 20.7. The highest BCUT2D eigenvalue weighted by Crippen LogP contribution is 2.07. The molecule has 0 saturated heterocycles. The molecule has 0 bridgehead atoms. The van der Waals surface area contributed by atoms with Gasteiger partial charge in [-0.25, -0.2) is 9.59 Å². The molecule has 0 radical (unpaired) electrons. The Morgan fingerprint density at radius 1 is 0.955 bits per heavy atom. The Morgan fingerprint density at radius 3 is 2.14 bits per heavy atom. The summed E-state index contributed by atoms with van der Waals surface area (Å²) in [6.07, 6.45) is 4.95. The zero-order valence-corrected chi connectivity index (χ0v) is 14.8. The van der Waals surface area contributed by atoms with Gasteiger partial charge >= 0.3 is 12.1 Å². The van der Waals surface area contributed by atoms with Gasteiger partial charge in [-0.3, -0.25) is 0 Å². The summed E-state index contributed by atoms with van der Waals surface area (Å²) in [5, 5.41) is 2.60. The maximum atomic E-state index is 12.1. The summed E-state index contributed by atoms with van der Waals surface area (Å²) in [7, 11) is 0. The molecule has 0 spiro atoms. The number of rotatable bonds is 11. The zero-order chi connectivity index (χ0) is 17.0. The van der Waals surface area contributed by atoms with Crippen LogP contribution in [0.2, 0.25) is 0 Å². The first-order valence-corrected chi connectivity index (χ1v) is 8.48. The minimum atomic E-state index is -0.657. The summed E-state index contributed by atoms with van der Waals surface area (Å²) in [4.78, 5) is 23.7. The fourth-order valence-corrected chi connectivity index (χ4v) is 1.88. The summed E-state index contributed by atoms with van der Waals surface area (Å²) in [5.74, 6) is -0.162. The van der Waals surface area contributed by atoms with Crippen molar-refractivity contribution in [3.05, 3.63) is 0 Å². The molecule has 0 aromatic rings. The van der Waals surface area contributed by atoms with Gasteiger partial charge in [-0.2, -0.15) is 0 Å². The molecule has 1 atom stereocenters. The topological polar surface area (TPSA) is 64.6 Å². The number of alkyl carbamates (subject to hydrolysis) is 1. The molecule has 22 heavy (non-hydrogen) atoms. The minimum absolute atomic E-state index is 0.0424. The third-order valence-electron chi connectivity index (χ3n) is 3.23. The average molecular weight is 315 g/mol. The van der Waals surface area contributed by atoms with Gasteiger partial charge in [0, 0.05) is 0 Å². The van der Waals surface area contributed by atoms with Crippen molar-refractivity contribution >= 4 is 12.1 Å². The second-order valence-corrected chi connectivity index (χ2v) is 6.44. The number of hydrogen-bond donors (Lipinski definition) is 1. The van der Waals surface area contributed by atoms with Gasteiger partial charge in [0.05, 0.1) is 13.2 Å². The SMILES string of the molecule is CCCCCCCOC(=O)[C@@H](NC(=O)OCC(C)C)C(C)C. The van der Waals surface area contributed by atoms with E-state index in [1.807, 2.05) is 27.7 Å². The summed E-state index contributed by atoms with van der Waals surface area (Å²) in [6, 6.07) is -0.657. The van der Waals surface area contributed by atoms with Crippen LogP contribution in [0.5, 0.6) is 0 Å². The van der Waals surface area contributed by atoms with Crippen molar-refractivity contribution in [3.8, 4) is 0 Å². The van der Waals surface area contributed by atoms with Crippen LogP contribution in [-0.2, 0) is 14.3 Å². The normalized spacial score (nSPS) is 12.3. The Bertz CT molecular complexity index is 316. The van der Waals surface area contributed by atoms with Gasteiger partial charge in [0.15, 0.2) is 0 Å². The van der Waals surface area contributed by atoms with E-state index in [2.05, 4.69) is 12.2 Å². The van der Waals surface area contributed by atoms with E-state index in [4.69, 9.17) is 9.47 Å². The lowest BCUT2D eigenvalue weighted by Crippen LogP contribution is -2.45. The first-order valence-electron chi connectivity index (χ1n) is 8.48. The molecule has 1 amide bonds. The van der Waals surface area contributed by atoms with E-state index in [9.17, 15) is 9.59 Å². The van der Waals surface area contributed by atoms with Crippen LogP contribution in [0.4, 0.5) is 4.79 Å². The molecule has 0 unspecified atom stereocenters. The predicted molar refractivity (Wildman–Crippen MR) is 87.7 cm³/mol. The lowest BCUT2D eigenvalue weighted by molar-refractivity contribution is -0.147. The van der Waals surface area contributed by atoms with Crippen molar-refractivity contribution in [2.24, 2.45) is 11.8 Å². The van der Waals surface area contributed by atoms with Crippen LogP contribution in [0, 0.1) is 11.8 Å². The largest absolute Gasteiger partial charge is 0.464 e. The maximum absolute atomic E-state index is 12.1. The molecule has 0 saturated carbocycles. The third-order valence-corrected chi connectivity index (χ3v) is 3.23. The quantitative estimate of drug-likeness (QED) is 0.464. The van der Waals surface area contributed by atoms with Crippen molar-refractivity contribution in [1.82, 2.24) is 5.32 Å². The smallest absolute Gasteiger partial charge is 0.407 e. The van der Waals surface area contributed by atoms with Crippen LogP contribution < -0.4 is 5.32 Å². The minimum Gasteiger partial charge on any atom is -0.464 e. The maximum Gasteiger partial charge on any atom is 0.407 e. The number of nitrogens with one attached hydrogen (secondary N) is 1. The highest BCUT2D eigenvalue weighted by Gasteiger charge is 2.26. The first-order chi connectivity index (χ1) is 10.4. The second kappa shape index (κ2) is 12.3. The molecule has 0 aromatic heterocycles. The fourth-order valence-electron chi connectivity index (χ4n) is 1.88. The molecule has 0 rings (SSSR count). The van der Waals surface area contributed by atoms with Gasteiger partial charge in [0.2, 0.25) is 0 Å². The van der Waals surface area contributed by atoms with Gasteiger partial charge in [-0.1, -0.05) is 60.3 Å². The number of carbonyl (C=O) groups is 2. The van der Waals surface area contributed by atoms with Crippen molar-refractivity contribution in [3.63, 3.8) is 0 Å². The van der Waals surface area contributed by atoms with E-state index >= 15 is 0 Å². The number of carbonyl (C=O) groups excluding carboxylic acids is 2. The van der Waals surface area contributed by atoms with Crippen molar-refractivity contribution < 1.29 is 19.1 Å². The average Bonchev–Trinajstić information content (AvgIpc) is 2.45. The van der Waals surface area contributed by atoms with E-state index in [-0.39, 0.29) is 17.8 Å². The summed E-state index contributed by atoms with van der Waals surface area (Å²) in [6.45, 7) is 10.6. The molecule has 1 N–H and O–H groups in total. The molecule has 5 nitrogen and oxygen atoms in total. The van der Waals surface area contributed by atoms with Crippen LogP contribution in [0.3, 0.4) is 0 Å². The molecular weight excluding hydrogens is 282 g/mol. The lowest BCUT2D eigenvalue weighted by Gasteiger charge is -2.21. The van der Waals surface area contributed by atoms with Crippen LogP contribution in [0.15, 0.2) is 0 Å². The van der Waals surface area contributed by atoms with Crippen molar-refractivity contribution in [2.45, 2.75) is 72.8 Å².